The van der Waals surface area contributed by atoms with Gasteiger partial charge in [-0.05, 0) is 13.3 Å². The molecule has 0 aliphatic rings. The van der Waals surface area contributed by atoms with Gasteiger partial charge in [-0.1, -0.05) is 6.92 Å². The molecule has 1 atom stereocenters. The molecule has 110 valence electrons. The molecule has 1 heterocycles. The molecule has 0 bridgehead atoms. The second-order valence-electron chi connectivity index (χ2n) is 4.41. The van der Waals surface area contributed by atoms with Crippen molar-refractivity contribution in [2.24, 2.45) is 0 Å². The summed E-state index contributed by atoms with van der Waals surface area (Å²) in [5.74, 6) is -1.61. The van der Waals surface area contributed by atoms with Gasteiger partial charge in [0.2, 0.25) is 5.91 Å². The molecule has 0 radical (unpaired) electrons. The number of aliphatic carboxylic acids is 1. The summed E-state index contributed by atoms with van der Waals surface area (Å²) in [6.07, 6.45) is 1.80. The zero-order chi connectivity index (χ0) is 15.3. The molecule has 2 N–H and O–H groups in total. The van der Waals surface area contributed by atoms with Crippen molar-refractivity contribution in [2.75, 3.05) is 6.54 Å². The number of aromatic amines is 1. The molecule has 0 saturated heterocycles. The summed E-state index contributed by atoms with van der Waals surface area (Å²) in [6.45, 7) is 2.83. The van der Waals surface area contributed by atoms with Crippen LogP contribution in [0.5, 0.6) is 0 Å². The van der Waals surface area contributed by atoms with Gasteiger partial charge in [-0.3, -0.25) is 23.9 Å². The van der Waals surface area contributed by atoms with Gasteiger partial charge < -0.3 is 10.0 Å². The maximum atomic E-state index is 12.1. The van der Waals surface area contributed by atoms with E-state index < -0.39 is 29.7 Å². The smallest absolute Gasteiger partial charge is 0.328 e. The molecule has 1 unspecified atom stereocenters. The summed E-state index contributed by atoms with van der Waals surface area (Å²) in [5, 5.41) is 8.82. The van der Waals surface area contributed by atoms with E-state index in [1.807, 2.05) is 11.9 Å². The molecular weight excluding hydrogens is 266 g/mol. The number of hydrogen-bond donors (Lipinski definition) is 2. The molecule has 1 aromatic heterocycles. The summed E-state index contributed by atoms with van der Waals surface area (Å²) in [6, 6.07) is 0.872. The van der Waals surface area contributed by atoms with E-state index in [1.54, 1.807) is 6.92 Å². The number of H-pyrrole nitrogens is 1. The first kappa shape index (κ1) is 15.7. The van der Waals surface area contributed by atoms with Crippen LogP contribution in [0.2, 0.25) is 0 Å². The zero-order valence-electron chi connectivity index (χ0n) is 11.3. The van der Waals surface area contributed by atoms with Gasteiger partial charge in [0.25, 0.3) is 5.56 Å². The summed E-state index contributed by atoms with van der Waals surface area (Å²) in [7, 11) is 0. The number of carboxylic acids is 1. The number of carbonyl (C=O) groups excluding carboxylic acids is 1. The number of amides is 1. The monoisotopic (exact) mass is 283 g/mol. The minimum absolute atomic E-state index is 0.253. The highest BCUT2D eigenvalue weighted by atomic mass is 16.4. The maximum absolute atomic E-state index is 12.1. The highest BCUT2D eigenvalue weighted by Gasteiger charge is 2.21. The Morgan fingerprint density at radius 3 is 2.60 bits per heavy atom. The Morgan fingerprint density at radius 2 is 2.10 bits per heavy atom. The fraction of sp³-hybridized carbons (Fsp3) is 0.500. The Kier molecular flexibility index (Phi) is 5.24. The van der Waals surface area contributed by atoms with Gasteiger partial charge in [0.15, 0.2) is 0 Å². The first-order chi connectivity index (χ1) is 9.35. The Balaban J connectivity index is 2.93. The first-order valence-electron chi connectivity index (χ1n) is 6.16. The maximum Gasteiger partial charge on any atom is 0.328 e. The van der Waals surface area contributed by atoms with Crippen molar-refractivity contribution in [1.82, 2.24) is 14.5 Å². The number of nitrogens with zero attached hydrogens (tertiary/aromatic N) is 2. The molecule has 0 aliphatic carbocycles. The van der Waals surface area contributed by atoms with Gasteiger partial charge in [0, 0.05) is 18.3 Å². The third kappa shape index (κ3) is 4.08. The van der Waals surface area contributed by atoms with Crippen molar-refractivity contribution in [3.63, 3.8) is 0 Å². The third-order valence-electron chi connectivity index (χ3n) is 2.95. The van der Waals surface area contributed by atoms with Crippen molar-refractivity contribution in [3.05, 3.63) is 33.1 Å². The molecule has 1 rings (SSSR count). The lowest BCUT2D eigenvalue weighted by molar-refractivity contribution is -0.146. The van der Waals surface area contributed by atoms with Crippen LogP contribution in [0.4, 0.5) is 0 Å². The van der Waals surface area contributed by atoms with Crippen LogP contribution in [-0.4, -0.2) is 44.0 Å². The molecule has 0 saturated carbocycles. The second kappa shape index (κ2) is 6.69. The van der Waals surface area contributed by atoms with Crippen LogP contribution in [0.3, 0.4) is 0 Å². The molecule has 0 fully saturated rings. The lowest BCUT2D eigenvalue weighted by Crippen LogP contribution is -2.45. The molecule has 0 spiro atoms. The Hall–Kier alpha value is -2.38. The van der Waals surface area contributed by atoms with Crippen LogP contribution in [0.25, 0.3) is 0 Å². The van der Waals surface area contributed by atoms with E-state index in [0.717, 1.165) is 10.6 Å². The molecule has 1 aromatic rings. The summed E-state index contributed by atoms with van der Waals surface area (Å²) < 4.78 is 1.03. The standard InChI is InChI=1S/C12H17N3O5/c1-3-8(2)15(7-11(18)19)10(17)6-14-5-4-9(16)13-12(14)20/h4-5,8H,3,6-7H2,1-2H3,(H,18,19)(H,13,16,20). The molecule has 0 aliphatic heterocycles. The van der Waals surface area contributed by atoms with Crippen LogP contribution in [0, 0.1) is 0 Å². The van der Waals surface area contributed by atoms with Gasteiger partial charge in [0.05, 0.1) is 0 Å². The van der Waals surface area contributed by atoms with Crippen molar-refractivity contribution in [3.8, 4) is 0 Å². The molecule has 8 heteroatoms. The van der Waals surface area contributed by atoms with Gasteiger partial charge in [-0.15, -0.1) is 0 Å². The highest BCUT2D eigenvalue weighted by molar-refractivity contribution is 5.81. The average Bonchev–Trinajstić information content (AvgIpc) is 2.38. The Morgan fingerprint density at radius 1 is 1.45 bits per heavy atom. The fourth-order valence-corrected chi connectivity index (χ4v) is 1.66. The van der Waals surface area contributed by atoms with E-state index in [9.17, 15) is 19.2 Å². The number of hydrogen-bond acceptors (Lipinski definition) is 4. The zero-order valence-corrected chi connectivity index (χ0v) is 11.3. The molecular formula is C12H17N3O5. The van der Waals surface area contributed by atoms with Crippen LogP contribution < -0.4 is 11.2 Å². The van der Waals surface area contributed by atoms with E-state index in [-0.39, 0.29) is 12.6 Å². The number of carbonyl (C=O) groups is 2. The number of carboxylic acid groups (broad SMARTS) is 1. The van der Waals surface area contributed by atoms with E-state index in [1.165, 1.54) is 11.1 Å². The summed E-state index contributed by atoms with van der Waals surface area (Å²) in [4.78, 5) is 48.5. The van der Waals surface area contributed by atoms with Gasteiger partial charge in [-0.25, -0.2) is 4.79 Å². The van der Waals surface area contributed by atoms with E-state index in [2.05, 4.69) is 0 Å². The minimum Gasteiger partial charge on any atom is -0.480 e. The summed E-state index contributed by atoms with van der Waals surface area (Å²) in [5.41, 5.74) is -1.26. The van der Waals surface area contributed by atoms with E-state index >= 15 is 0 Å². The van der Waals surface area contributed by atoms with Crippen LogP contribution in [0.15, 0.2) is 21.9 Å². The molecule has 8 nitrogen and oxygen atoms in total. The van der Waals surface area contributed by atoms with Gasteiger partial charge in [-0.2, -0.15) is 0 Å². The second-order valence-corrected chi connectivity index (χ2v) is 4.41. The van der Waals surface area contributed by atoms with Crippen molar-refractivity contribution < 1.29 is 14.7 Å². The van der Waals surface area contributed by atoms with Crippen LogP contribution in [-0.2, 0) is 16.1 Å². The number of rotatable bonds is 6. The van der Waals surface area contributed by atoms with Crippen molar-refractivity contribution >= 4 is 11.9 Å². The third-order valence-corrected chi connectivity index (χ3v) is 2.95. The first-order valence-corrected chi connectivity index (χ1v) is 6.16. The highest BCUT2D eigenvalue weighted by Crippen LogP contribution is 2.04. The van der Waals surface area contributed by atoms with Crippen molar-refractivity contribution in [2.45, 2.75) is 32.9 Å². The molecule has 1 amide bonds. The predicted molar refractivity (Wildman–Crippen MR) is 70.4 cm³/mol. The lowest BCUT2D eigenvalue weighted by Gasteiger charge is -2.27. The lowest BCUT2D eigenvalue weighted by atomic mass is 10.2. The predicted octanol–water partition coefficient (Wildman–Crippen LogP) is -0.752. The quantitative estimate of drug-likeness (QED) is 0.713. The normalized spacial score (nSPS) is 11.9. The van der Waals surface area contributed by atoms with Crippen LogP contribution in [0.1, 0.15) is 20.3 Å². The average molecular weight is 283 g/mol. The summed E-state index contributed by atoms with van der Waals surface area (Å²) >= 11 is 0. The Labute approximate surface area is 114 Å². The Bertz CT molecular complexity index is 604. The van der Waals surface area contributed by atoms with Gasteiger partial charge >= 0.3 is 11.7 Å². The molecule has 20 heavy (non-hydrogen) atoms. The topological polar surface area (TPSA) is 112 Å². The van der Waals surface area contributed by atoms with Crippen molar-refractivity contribution in [1.29, 1.82) is 0 Å². The largest absolute Gasteiger partial charge is 0.480 e. The van der Waals surface area contributed by atoms with E-state index in [4.69, 9.17) is 5.11 Å². The minimum atomic E-state index is -1.12. The number of aromatic nitrogens is 2. The van der Waals surface area contributed by atoms with Crippen LogP contribution >= 0.6 is 0 Å². The fourth-order valence-electron chi connectivity index (χ4n) is 1.66. The van der Waals surface area contributed by atoms with Gasteiger partial charge in [0.1, 0.15) is 13.1 Å². The SMILES string of the molecule is CCC(C)N(CC(=O)O)C(=O)Cn1ccc(=O)[nH]c1=O. The van der Waals surface area contributed by atoms with E-state index in [0.29, 0.717) is 6.42 Å². The number of nitrogens with one attached hydrogen (secondary N) is 1. The molecule has 0 aromatic carbocycles.